The van der Waals surface area contributed by atoms with Crippen molar-refractivity contribution in [2.45, 2.75) is 65.0 Å². The van der Waals surface area contributed by atoms with Crippen LogP contribution in [0.3, 0.4) is 0 Å². The van der Waals surface area contributed by atoms with Gasteiger partial charge in [-0.3, -0.25) is 9.59 Å². The van der Waals surface area contributed by atoms with Gasteiger partial charge in [0.25, 0.3) is 10.9 Å². The average Bonchev–Trinajstić information content (AvgIpc) is 2.89. The molecule has 0 radical (unpaired) electrons. The Hall–Kier alpha value is -2.62. The summed E-state index contributed by atoms with van der Waals surface area (Å²) >= 11 is 0. The molecule has 9 nitrogen and oxygen atoms in total. The summed E-state index contributed by atoms with van der Waals surface area (Å²) in [7, 11) is 5.00. The van der Waals surface area contributed by atoms with Crippen molar-refractivity contribution >= 4 is 11.4 Å². The van der Waals surface area contributed by atoms with Crippen LogP contribution >= 0.6 is 0 Å². The summed E-state index contributed by atoms with van der Waals surface area (Å²) < 4.78 is 16.5. The molecule has 214 valence electrons. The first-order valence-electron chi connectivity index (χ1n) is 13.6. The molecule has 38 heavy (non-hydrogen) atoms. The minimum atomic E-state index is -0.857. The number of nitrogens with zero attached hydrogens (tertiary/aromatic N) is 1. The SMILES string of the molecule is CCCCNc1c(N(C)C[C@H](O)[C@@H](N)C[C@H](Cc2ccc(OC)c(OCCCOC)c2)C(C)C)c(=O)c1=O. The fraction of sp³-hybridized carbons (Fsp3) is 0.655. The number of nitrogens with two attached hydrogens (primary N) is 1. The molecule has 0 fully saturated rings. The first kappa shape index (κ1) is 31.6. The van der Waals surface area contributed by atoms with Crippen LogP contribution in [0.5, 0.6) is 11.5 Å². The standard InChI is InChI=1S/C29H47N3O6/c1-7-8-12-31-26-27(29(35)28(26)34)32(4)18-23(33)22(30)17-21(19(2)3)15-20-10-11-24(37-6)25(16-20)38-14-9-13-36-5/h10-11,16,19,21-23,31,33H,7-9,12-15,17-18,30H2,1-6H3/t21-,22-,23-/m0/s1. The molecular weight excluding hydrogens is 486 g/mol. The lowest BCUT2D eigenvalue weighted by Gasteiger charge is -2.31. The highest BCUT2D eigenvalue weighted by molar-refractivity contribution is 5.75. The molecule has 0 unspecified atom stereocenters. The van der Waals surface area contributed by atoms with Crippen molar-refractivity contribution in [2.75, 3.05) is 57.8 Å². The van der Waals surface area contributed by atoms with E-state index in [0.29, 0.717) is 55.0 Å². The molecule has 0 saturated carbocycles. The summed E-state index contributed by atoms with van der Waals surface area (Å²) in [5, 5.41) is 14.0. The molecule has 0 saturated heterocycles. The molecule has 0 aliphatic carbocycles. The quantitative estimate of drug-likeness (QED) is 0.185. The highest BCUT2D eigenvalue weighted by atomic mass is 16.5. The molecule has 3 atom stereocenters. The van der Waals surface area contributed by atoms with E-state index in [1.807, 2.05) is 18.2 Å². The maximum absolute atomic E-state index is 12.2. The Morgan fingerprint density at radius 3 is 2.45 bits per heavy atom. The van der Waals surface area contributed by atoms with Gasteiger partial charge in [-0.05, 0) is 48.8 Å². The van der Waals surface area contributed by atoms with Crippen LogP contribution in [-0.2, 0) is 11.2 Å². The van der Waals surface area contributed by atoms with Crippen LogP contribution in [0.2, 0.25) is 0 Å². The zero-order valence-electron chi connectivity index (χ0n) is 23.9. The van der Waals surface area contributed by atoms with E-state index in [4.69, 9.17) is 19.9 Å². The molecule has 0 aliphatic heterocycles. The summed E-state index contributed by atoms with van der Waals surface area (Å²) in [6.45, 7) is 8.33. The number of aliphatic hydroxyl groups excluding tert-OH is 1. The topological polar surface area (TPSA) is 123 Å². The van der Waals surface area contributed by atoms with Gasteiger partial charge in [0.05, 0.1) is 19.8 Å². The minimum Gasteiger partial charge on any atom is -0.493 e. The smallest absolute Gasteiger partial charge is 0.253 e. The second-order valence-electron chi connectivity index (χ2n) is 10.4. The van der Waals surface area contributed by atoms with Crippen molar-refractivity contribution in [1.82, 2.24) is 0 Å². The number of hydrogen-bond acceptors (Lipinski definition) is 9. The number of benzene rings is 1. The van der Waals surface area contributed by atoms with Gasteiger partial charge in [0, 0.05) is 46.3 Å². The number of hydrogen-bond donors (Lipinski definition) is 3. The van der Waals surface area contributed by atoms with Crippen molar-refractivity contribution in [3.63, 3.8) is 0 Å². The second kappa shape index (κ2) is 15.7. The Kier molecular flexibility index (Phi) is 13.1. The lowest BCUT2D eigenvalue weighted by atomic mass is 9.83. The fourth-order valence-corrected chi connectivity index (χ4v) is 4.55. The Labute approximate surface area is 227 Å². The van der Waals surface area contributed by atoms with Crippen LogP contribution < -0.4 is 36.3 Å². The van der Waals surface area contributed by atoms with E-state index in [-0.39, 0.29) is 12.5 Å². The van der Waals surface area contributed by atoms with E-state index in [1.165, 1.54) is 0 Å². The first-order valence-corrected chi connectivity index (χ1v) is 13.6. The van der Waals surface area contributed by atoms with Crippen LogP contribution in [0.1, 0.15) is 52.0 Å². The van der Waals surface area contributed by atoms with E-state index in [2.05, 4.69) is 26.1 Å². The van der Waals surface area contributed by atoms with Gasteiger partial charge < -0.3 is 35.3 Å². The summed E-state index contributed by atoms with van der Waals surface area (Å²) in [6, 6.07) is 5.47. The molecule has 2 aromatic rings. The molecule has 0 spiro atoms. The predicted octanol–water partition coefficient (Wildman–Crippen LogP) is 2.95. The van der Waals surface area contributed by atoms with Crippen molar-refractivity contribution in [1.29, 1.82) is 0 Å². The normalized spacial score (nSPS) is 13.9. The first-order chi connectivity index (χ1) is 18.1. The Morgan fingerprint density at radius 2 is 1.82 bits per heavy atom. The number of methoxy groups -OCH3 is 2. The highest BCUT2D eigenvalue weighted by Gasteiger charge is 2.28. The third-order valence-electron chi connectivity index (χ3n) is 7.05. The van der Waals surface area contributed by atoms with Crippen LogP contribution in [0.15, 0.2) is 27.8 Å². The Balaban J connectivity index is 2.03. The van der Waals surface area contributed by atoms with Gasteiger partial charge in [-0.1, -0.05) is 33.3 Å². The van der Waals surface area contributed by atoms with E-state index < -0.39 is 23.0 Å². The van der Waals surface area contributed by atoms with E-state index in [1.54, 1.807) is 26.2 Å². The van der Waals surface area contributed by atoms with Gasteiger partial charge in [-0.25, -0.2) is 0 Å². The molecule has 0 aliphatic rings. The Bertz CT molecular complexity index is 1050. The van der Waals surface area contributed by atoms with Gasteiger partial charge >= 0.3 is 0 Å². The van der Waals surface area contributed by atoms with Gasteiger partial charge in [-0.15, -0.1) is 0 Å². The van der Waals surface area contributed by atoms with Gasteiger partial charge in [0.2, 0.25) is 0 Å². The van der Waals surface area contributed by atoms with Crippen LogP contribution in [0.4, 0.5) is 11.4 Å². The Morgan fingerprint density at radius 1 is 1.08 bits per heavy atom. The van der Waals surface area contributed by atoms with Crippen molar-refractivity contribution in [3.05, 3.63) is 44.2 Å². The van der Waals surface area contributed by atoms with Crippen molar-refractivity contribution < 1.29 is 19.3 Å². The molecule has 2 rings (SSSR count). The molecule has 0 heterocycles. The third kappa shape index (κ3) is 8.71. The monoisotopic (exact) mass is 533 g/mol. The summed E-state index contributed by atoms with van der Waals surface area (Å²) in [5.74, 6) is 1.94. The molecule has 4 N–H and O–H groups in total. The molecule has 9 heteroatoms. The van der Waals surface area contributed by atoms with Crippen molar-refractivity contribution in [3.8, 4) is 11.5 Å². The maximum atomic E-state index is 12.2. The predicted molar refractivity (Wildman–Crippen MR) is 154 cm³/mol. The fourth-order valence-electron chi connectivity index (χ4n) is 4.55. The number of nitrogens with one attached hydrogen (secondary N) is 1. The lowest BCUT2D eigenvalue weighted by Crippen LogP contribution is -2.48. The maximum Gasteiger partial charge on any atom is 0.253 e. The molecule has 0 bridgehead atoms. The summed E-state index contributed by atoms with van der Waals surface area (Å²) in [5.41, 5.74) is 7.22. The van der Waals surface area contributed by atoms with Crippen molar-refractivity contribution in [2.24, 2.45) is 17.6 Å². The van der Waals surface area contributed by atoms with E-state index in [9.17, 15) is 14.7 Å². The van der Waals surface area contributed by atoms with Gasteiger partial charge in [-0.2, -0.15) is 0 Å². The summed E-state index contributed by atoms with van der Waals surface area (Å²) in [4.78, 5) is 25.9. The molecule has 0 amide bonds. The lowest BCUT2D eigenvalue weighted by molar-refractivity contribution is 0.132. The number of aliphatic hydroxyl groups is 1. The largest absolute Gasteiger partial charge is 0.493 e. The third-order valence-corrected chi connectivity index (χ3v) is 7.05. The highest BCUT2D eigenvalue weighted by Crippen LogP contribution is 2.31. The van der Waals surface area contributed by atoms with Gasteiger partial charge in [0.1, 0.15) is 11.4 Å². The zero-order chi connectivity index (χ0) is 28.2. The van der Waals surface area contributed by atoms with Crippen LogP contribution in [-0.4, -0.2) is 64.8 Å². The molecular formula is C29H47N3O6. The van der Waals surface area contributed by atoms with E-state index in [0.717, 1.165) is 31.2 Å². The average molecular weight is 534 g/mol. The number of rotatable bonds is 19. The van der Waals surface area contributed by atoms with Crippen LogP contribution in [0.25, 0.3) is 0 Å². The molecule has 2 aromatic carbocycles. The number of likely N-dealkylation sites (N-methyl/N-ethyl adjacent to an activating group) is 1. The van der Waals surface area contributed by atoms with Crippen LogP contribution in [0, 0.1) is 11.8 Å². The minimum absolute atomic E-state index is 0.168. The van der Waals surface area contributed by atoms with Gasteiger partial charge in [0.15, 0.2) is 11.5 Å². The number of ether oxygens (including phenoxy) is 3. The zero-order valence-corrected chi connectivity index (χ0v) is 23.9. The molecule has 0 aromatic heterocycles. The number of unbranched alkanes of at least 4 members (excludes halogenated alkanes) is 1. The second-order valence-corrected chi connectivity index (χ2v) is 10.4. The number of anilines is 2. The van der Waals surface area contributed by atoms with E-state index >= 15 is 0 Å². The summed E-state index contributed by atoms with van der Waals surface area (Å²) in [6.07, 6.45) is 3.20.